The number of benzene rings is 1. The number of primary amides is 1. The number of ether oxygens (including phenoxy) is 2. The zero-order chi connectivity index (χ0) is 18.5. The molecule has 3 rings (SSSR count). The van der Waals surface area contributed by atoms with Crippen LogP contribution >= 0.6 is 0 Å². The molecule has 0 unspecified atom stereocenters. The molecule has 1 saturated heterocycles. The standard InChI is InChI=1S/C18H19N3O5/c19-17(23)11-1-3-12(4-2-11)26-16-6-8-25-10-14(16)21-18(24)13-5-7-20-9-15(13)22/h1-5,7,9,14,16,22H,6,8,10H2,(H2,19,23)(H,21,24)/t14-,16-/m1/s1. The fraction of sp³-hybridized carbons (Fsp3) is 0.278. The first-order valence-electron chi connectivity index (χ1n) is 8.12. The van der Waals surface area contributed by atoms with E-state index in [2.05, 4.69) is 10.3 Å². The Bertz CT molecular complexity index is 794. The van der Waals surface area contributed by atoms with Crippen molar-refractivity contribution < 1.29 is 24.2 Å². The first-order chi connectivity index (χ1) is 12.5. The molecule has 2 amide bonds. The van der Waals surface area contributed by atoms with Gasteiger partial charge in [-0.1, -0.05) is 0 Å². The largest absolute Gasteiger partial charge is 0.505 e. The van der Waals surface area contributed by atoms with Gasteiger partial charge in [0.2, 0.25) is 5.91 Å². The Labute approximate surface area is 149 Å². The number of amides is 2. The lowest BCUT2D eigenvalue weighted by Crippen LogP contribution is -2.51. The first kappa shape index (κ1) is 17.7. The van der Waals surface area contributed by atoms with E-state index < -0.39 is 11.8 Å². The summed E-state index contributed by atoms with van der Waals surface area (Å²) >= 11 is 0. The lowest BCUT2D eigenvalue weighted by atomic mass is 10.1. The van der Waals surface area contributed by atoms with Crippen LogP contribution in [0.25, 0.3) is 0 Å². The van der Waals surface area contributed by atoms with Crippen molar-refractivity contribution in [3.8, 4) is 11.5 Å². The summed E-state index contributed by atoms with van der Waals surface area (Å²) in [4.78, 5) is 27.3. The third-order valence-electron chi connectivity index (χ3n) is 4.08. The molecule has 0 bridgehead atoms. The molecule has 4 N–H and O–H groups in total. The van der Waals surface area contributed by atoms with Crippen LogP contribution in [-0.2, 0) is 4.74 Å². The molecule has 2 atom stereocenters. The summed E-state index contributed by atoms with van der Waals surface area (Å²) in [6.45, 7) is 0.804. The quantitative estimate of drug-likeness (QED) is 0.729. The molecule has 0 spiro atoms. The normalized spacial score (nSPS) is 19.5. The van der Waals surface area contributed by atoms with Gasteiger partial charge in [-0.05, 0) is 30.3 Å². The number of pyridine rings is 1. The predicted molar refractivity (Wildman–Crippen MR) is 92.0 cm³/mol. The summed E-state index contributed by atoms with van der Waals surface area (Å²) in [5.74, 6) is -0.572. The van der Waals surface area contributed by atoms with Gasteiger partial charge in [0.25, 0.3) is 5.91 Å². The van der Waals surface area contributed by atoms with Gasteiger partial charge in [0.05, 0.1) is 31.0 Å². The van der Waals surface area contributed by atoms with Crippen molar-refractivity contribution in [2.45, 2.75) is 18.6 Å². The highest BCUT2D eigenvalue weighted by atomic mass is 16.5. The minimum Gasteiger partial charge on any atom is -0.505 e. The van der Waals surface area contributed by atoms with E-state index in [0.29, 0.717) is 30.9 Å². The molecule has 0 radical (unpaired) electrons. The number of hydrogen-bond donors (Lipinski definition) is 3. The number of aromatic nitrogens is 1. The average Bonchev–Trinajstić information content (AvgIpc) is 2.64. The molecule has 2 aromatic rings. The van der Waals surface area contributed by atoms with E-state index in [4.69, 9.17) is 15.2 Å². The molecular formula is C18H19N3O5. The molecule has 136 valence electrons. The van der Waals surface area contributed by atoms with Crippen LogP contribution in [0, 0.1) is 0 Å². The molecular weight excluding hydrogens is 338 g/mol. The van der Waals surface area contributed by atoms with Crippen molar-refractivity contribution in [1.82, 2.24) is 10.3 Å². The van der Waals surface area contributed by atoms with Gasteiger partial charge >= 0.3 is 0 Å². The number of nitrogens with zero attached hydrogens (tertiary/aromatic N) is 1. The fourth-order valence-corrected chi connectivity index (χ4v) is 2.69. The zero-order valence-corrected chi connectivity index (χ0v) is 13.9. The van der Waals surface area contributed by atoms with E-state index in [1.807, 2.05) is 0 Å². The summed E-state index contributed by atoms with van der Waals surface area (Å²) in [6, 6.07) is 7.53. The smallest absolute Gasteiger partial charge is 0.255 e. The molecule has 1 aliphatic rings. The third-order valence-corrected chi connectivity index (χ3v) is 4.08. The monoisotopic (exact) mass is 357 g/mol. The maximum Gasteiger partial charge on any atom is 0.255 e. The maximum absolute atomic E-state index is 12.4. The van der Waals surface area contributed by atoms with Crippen LogP contribution in [0.5, 0.6) is 11.5 Å². The van der Waals surface area contributed by atoms with Crippen molar-refractivity contribution in [2.24, 2.45) is 5.73 Å². The van der Waals surface area contributed by atoms with Crippen LogP contribution in [0.4, 0.5) is 0 Å². The SMILES string of the molecule is NC(=O)c1ccc(O[C@@H]2CCOC[C@H]2NC(=O)c2ccncc2O)cc1. The second kappa shape index (κ2) is 7.83. The van der Waals surface area contributed by atoms with E-state index >= 15 is 0 Å². The molecule has 26 heavy (non-hydrogen) atoms. The summed E-state index contributed by atoms with van der Waals surface area (Å²) in [7, 11) is 0. The van der Waals surface area contributed by atoms with Crippen molar-refractivity contribution in [2.75, 3.05) is 13.2 Å². The summed E-state index contributed by atoms with van der Waals surface area (Å²) < 4.78 is 11.4. The van der Waals surface area contributed by atoms with Crippen LogP contribution in [-0.4, -0.2) is 47.3 Å². The molecule has 8 nitrogen and oxygen atoms in total. The van der Waals surface area contributed by atoms with Crippen LogP contribution in [0.3, 0.4) is 0 Å². The van der Waals surface area contributed by atoms with Gasteiger partial charge in [-0.15, -0.1) is 0 Å². The Morgan fingerprint density at radius 3 is 2.73 bits per heavy atom. The van der Waals surface area contributed by atoms with Crippen LogP contribution in [0.1, 0.15) is 27.1 Å². The Kier molecular flexibility index (Phi) is 5.33. The topological polar surface area (TPSA) is 124 Å². The van der Waals surface area contributed by atoms with Crippen LogP contribution < -0.4 is 15.8 Å². The number of nitrogens with two attached hydrogens (primary N) is 1. The van der Waals surface area contributed by atoms with E-state index in [1.165, 1.54) is 18.5 Å². The number of carbonyl (C=O) groups is 2. The van der Waals surface area contributed by atoms with Crippen molar-refractivity contribution in [3.63, 3.8) is 0 Å². The number of hydrogen-bond acceptors (Lipinski definition) is 6. The summed E-state index contributed by atoms with van der Waals surface area (Å²) in [5.41, 5.74) is 5.75. The Hall–Kier alpha value is -3.13. The summed E-state index contributed by atoms with van der Waals surface area (Å²) in [6.07, 6.45) is 2.92. The minimum absolute atomic E-state index is 0.134. The van der Waals surface area contributed by atoms with Gasteiger partial charge in [0, 0.05) is 18.2 Å². The Morgan fingerprint density at radius 1 is 1.27 bits per heavy atom. The molecule has 1 aromatic carbocycles. The highest BCUT2D eigenvalue weighted by Gasteiger charge is 2.30. The van der Waals surface area contributed by atoms with Crippen molar-refractivity contribution in [1.29, 1.82) is 0 Å². The molecule has 0 saturated carbocycles. The second-order valence-corrected chi connectivity index (χ2v) is 5.88. The number of nitrogens with one attached hydrogen (secondary N) is 1. The van der Waals surface area contributed by atoms with E-state index in [1.54, 1.807) is 24.3 Å². The molecule has 2 heterocycles. The van der Waals surface area contributed by atoms with Crippen LogP contribution in [0.2, 0.25) is 0 Å². The van der Waals surface area contributed by atoms with Gasteiger partial charge in [-0.3, -0.25) is 14.6 Å². The molecule has 1 fully saturated rings. The fourth-order valence-electron chi connectivity index (χ4n) is 2.69. The van der Waals surface area contributed by atoms with Crippen molar-refractivity contribution >= 4 is 11.8 Å². The average molecular weight is 357 g/mol. The molecule has 1 aliphatic heterocycles. The Morgan fingerprint density at radius 2 is 2.04 bits per heavy atom. The predicted octanol–water partition coefficient (Wildman–Crippen LogP) is 0.852. The number of aromatic hydroxyl groups is 1. The minimum atomic E-state index is -0.509. The van der Waals surface area contributed by atoms with Gasteiger partial charge in [-0.25, -0.2) is 0 Å². The summed E-state index contributed by atoms with van der Waals surface area (Å²) in [5, 5.41) is 12.6. The zero-order valence-electron chi connectivity index (χ0n) is 13.9. The van der Waals surface area contributed by atoms with Gasteiger partial charge < -0.3 is 25.6 Å². The van der Waals surface area contributed by atoms with E-state index in [-0.39, 0.29) is 23.5 Å². The number of carbonyl (C=O) groups excluding carboxylic acids is 2. The molecule has 8 heteroatoms. The van der Waals surface area contributed by atoms with Gasteiger partial charge in [0.15, 0.2) is 0 Å². The highest BCUT2D eigenvalue weighted by Crippen LogP contribution is 2.20. The van der Waals surface area contributed by atoms with Gasteiger partial charge in [-0.2, -0.15) is 0 Å². The third kappa shape index (κ3) is 4.09. The number of rotatable bonds is 5. The lowest BCUT2D eigenvalue weighted by Gasteiger charge is -2.32. The molecule has 1 aromatic heterocycles. The highest BCUT2D eigenvalue weighted by molar-refractivity contribution is 5.96. The first-order valence-corrected chi connectivity index (χ1v) is 8.12. The lowest BCUT2D eigenvalue weighted by molar-refractivity contribution is -0.00292. The Balaban J connectivity index is 1.68. The molecule has 0 aliphatic carbocycles. The van der Waals surface area contributed by atoms with E-state index in [0.717, 1.165) is 0 Å². The van der Waals surface area contributed by atoms with Gasteiger partial charge in [0.1, 0.15) is 17.6 Å². The van der Waals surface area contributed by atoms with Crippen molar-refractivity contribution in [3.05, 3.63) is 53.9 Å². The van der Waals surface area contributed by atoms with E-state index in [9.17, 15) is 14.7 Å². The van der Waals surface area contributed by atoms with Crippen LogP contribution in [0.15, 0.2) is 42.7 Å². The maximum atomic E-state index is 12.4. The second-order valence-electron chi connectivity index (χ2n) is 5.88.